The fourth-order valence-electron chi connectivity index (χ4n) is 2.51. The van der Waals surface area contributed by atoms with Crippen molar-refractivity contribution in [3.8, 4) is 0 Å². The summed E-state index contributed by atoms with van der Waals surface area (Å²) < 4.78 is 6.41. The summed E-state index contributed by atoms with van der Waals surface area (Å²) in [6, 6.07) is 8.63. The van der Waals surface area contributed by atoms with E-state index >= 15 is 0 Å². The van der Waals surface area contributed by atoms with Gasteiger partial charge in [0.1, 0.15) is 0 Å². The molecule has 1 heterocycles. The minimum atomic E-state index is 0.712. The van der Waals surface area contributed by atoms with Gasteiger partial charge in [-0.1, -0.05) is 28.1 Å². The molecule has 0 spiro atoms. The van der Waals surface area contributed by atoms with E-state index in [1.807, 2.05) is 0 Å². The van der Waals surface area contributed by atoms with E-state index in [0.717, 1.165) is 17.6 Å². The molecule has 17 heavy (non-hydrogen) atoms. The maximum atomic E-state index is 5.26. The van der Waals surface area contributed by atoms with Crippen LogP contribution >= 0.6 is 15.9 Å². The first-order valence-electron chi connectivity index (χ1n) is 6.23. The van der Waals surface area contributed by atoms with Crippen LogP contribution in [0.4, 0.5) is 0 Å². The molecule has 0 saturated carbocycles. The van der Waals surface area contributed by atoms with E-state index in [1.54, 1.807) is 7.11 Å². The fraction of sp³-hybridized carbons (Fsp3) is 0.571. The number of likely N-dealkylation sites (tertiary alicyclic amines) is 1. The van der Waals surface area contributed by atoms with Crippen molar-refractivity contribution in [2.24, 2.45) is 5.92 Å². The quantitative estimate of drug-likeness (QED) is 0.845. The van der Waals surface area contributed by atoms with Crippen molar-refractivity contribution in [3.05, 3.63) is 34.3 Å². The number of halogens is 1. The van der Waals surface area contributed by atoms with Gasteiger partial charge in [-0.3, -0.25) is 4.90 Å². The molecule has 94 valence electrons. The summed E-state index contributed by atoms with van der Waals surface area (Å²) in [5.74, 6) is 0.712. The maximum Gasteiger partial charge on any atom is 0.0502 e. The van der Waals surface area contributed by atoms with E-state index in [2.05, 4.69) is 45.1 Å². The smallest absolute Gasteiger partial charge is 0.0502 e. The first-order valence-corrected chi connectivity index (χ1v) is 7.03. The Morgan fingerprint density at radius 1 is 1.35 bits per heavy atom. The lowest BCUT2D eigenvalue weighted by atomic mass is 9.98. The van der Waals surface area contributed by atoms with Gasteiger partial charge in [-0.25, -0.2) is 0 Å². The zero-order valence-corrected chi connectivity index (χ0v) is 11.9. The Morgan fingerprint density at radius 2 is 2.12 bits per heavy atom. The molecule has 1 atom stereocenters. The van der Waals surface area contributed by atoms with Crippen molar-refractivity contribution in [1.29, 1.82) is 0 Å². The first kappa shape index (κ1) is 13.1. The summed E-state index contributed by atoms with van der Waals surface area (Å²) in [7, 11) is 1.80. The lowest BCUT2D eigenvalue weighted by Crippen LogP contribution is -2.36. The molecule has 1 aliphatic rings. The number of ether oxygens (including phenoxy) is 1. The molecule has 0 bridgehead atoms. The van der Waals surface area contributed by atoms with Crippen molar-refractivity contribution in [2.45, 2.75) is 19.4 Å². The lowest BCUT2D eigenvalue weighted by molar-refractivity contribution is 0.0874. The zero-order chi connectivity index (χ0) is 12.1. The summed E-state index contributed by atoms with van der Waals surface area (Å²) in [6.45, 7) is 4.35. The molecule has 1 aromatic rings. The summed E-state index contributed by atoms with van der Waals surface area (Å²) in [4.78, 5) is 2.54. The van der Waals surface area contributed by atoms with E-state index in [9.17, 15) is 0 Å². The van der Waals surface area contributed by atoms with Crippen LogP contribution in [-0.2, 0) is 11.3 Å². The molecular weight excluding hydrogens is 278 g/mol. The molecule has 0 radical (unpaired) electrons. The molecule has 1 aromatic carbocycles. The van der Waals surface area contributed by atoms with Crippen molar-refractivity contribution in [1.82, 2.24) is 4.90 Å². The van der Waals surface area contributed by atoms with Gasteiger partial charge in [-0.15, -0.1) is 0 Å². The van der Waals surface area contributed by atoms with Gasteiger partial charge in [0, 0.05) is 24.7 Å². The van der Waals surface area contributed by atoms with Crippen LogP contribution in [0.3, 0.4) is 0 Å². The van der Waals surface area contributed by atoms with Gasteiger partial charge in [0.25, 0.3) is 0 Å². The SMILES string of the molecule is COC[C@H]1CCCN(Cc2ccc(Br)cc2)C1. The third-order valence-electron chi connectivity index (χ3n) is 3.32. The number of hydrogen-bond acceptors (Lipinski definition) is 2. The van der Waals surface area contributed by atoms with Gasteiger partial charge in [-0.05, 0) is 43.0 Å². The average Bonchev–Trinajstić information content (AvgIpc) is 2.33. The van der Waals surface area contributed by atoms with Crippen LogP contribution in [0.15, 0.2) is 28.7 Å². The second-order valence-electron chi connectivity index (χ2n) is 4.83. The Hall–Kier alpha value is -0.380. The van der Waals surface area contributed by atoms with Gasteiger partial charge in [-0.2, -0.15) is 0 Å². The van der Waals surface area contributed by atoms with Crippen LogP contribution in [0.5, 0.6) is 0 Å². The number of benzene rings is 1. The highest BCUT2D eigenvalue weighted by Gasteiger charge is 2.19. The van der Waals surface area contributed by atoms with Gasteiger partial charge in [0.2, 0.25) is 0 Å². The predicted octanol–water partition coefficient (Wildman–Crippen LogP) is 3.31. The third-order valence-corrected chi connectivity index (χ3v) is 3.85. The molecule has 3 heteroatoms. The van der Waals surface area contributed by atoms with Crippen LogP contribution in [0.25, 0.3) is 0 Å². The summed E-state index contributed by atoms with van der Waals surface area (Å²) in [5, 5.41) is 0. The van der Waals surface area contributed by atoms with Gasteiger partial charge < -0.3 is 4.74 Å². The summed E-state index contributed by atoms with van der Waals surface area (Å²) in [5.41, 5.74) is 1.39. The highest BCUT2D eigenvalue weighted by Crippen LogP contribution is 2.19. The zero-order valence-electron chi connectivity index (χ0n) is 10.4. The molecular formula is C14H20BrNO. The van der Waals surface area contributed by atoms with Crippen LogP contribution in [-0.4, -0.2) is 31.7 Å². The molecule has 0 aliphatic carbocycles. The number of rotatable bonds is 4. The molecule has 1 aliphatic heterocycles. The second kappa shape index (κ2) is 6.53. The maximum absolute atomic E-state index is 5.26. The van der Waals surface area contributed by atoms with Crippen molar-refractivity contribution < 1.29 is 4.74 Å². The van der Waals surface area contributed by atoms with E-state index in [0.29, 0.717) is 5.92 Å². The topological polar surface area (TPSA) is 12.5 Å². The number of nitrogens with zero attached hydrogens (tertiary/aromatic N) is 1. The largest absolute Gasteiger partial charge is 0.384 e. The standard InChI is InChI=1S/C14H20BrNO/c1-17-11-13-3-2-8-16(10-13)9-12-4-6-14(15)7-5-12/h4-7,13H,2-3,8-11H2,1H3/t13-/m0/s1. The Kier molecular flexibility index (Phi) is 5.01. The molecule has 0 aromatic heterocycles. The number of piperidine rings is 1. The molecule has 0 N–H and O–H groups in total. The predicted molar refractivity (Wildman–Crippen MR) is 74.0 cm³/mol. The Labute approximate surface area is 112 Å². The number of hydrogen-bond donors (Lipinski definition) is 0. The molecule has 2 nitrogen and oxygen atoms in total. The number of methoxy groups -OCH3 is 1. The van der Waals surface area contributed by atoms with Crippen molar-refractivity contribution in [2.75, 3.05) is 26.8 Å². The lowest BCUT2D eigenvalue weighted by Gasteiger charge is -2.32. The Bertz CT molecular complexity index is 337. The highest BCUT2D eigenvalue weighted by molar-refractivity contribution is 9.10. The van der Waals surface area contributed by atoms with Crippen molar-refractivity contribution in [3.63, 3.8) is 0 Å². The molecule has 1 fully saturated rings. The third kappa shape index (κ3) is 4.09. The minimum absolute atomic E-state index is 0.712. The molecule has 2 rings (SSSR count). The molecule has 0 amide bonds. The minimum Gasteiger partial charge on any atom is -0.384 e. The van der Waals surface area contributed by atoms with E-state index in [4.69, 9.17) is 4.74 Å². The first-order chi connectivity index (χ1) is 8.28. The van der Waals surface area contributed by atoms with Crippen LogP contribution in [0.2, 0.25) is 0 Å². The molecule has 0 unspecified atom stereocenters. The Morgan fingerprint density at radius 3 is 2.82 bits per heavy atom. The van der Waals surface area contributed by atoms with Crippen LogP contribution in [0.1, 0.15) is 18.4 Å². The van der Waals surface area contributed by atoms with E-state index in [-0.39, 0.29) is 0 Å². The second-order valence-corrected chi connectivity index (χ2v) is 5.74. The van der Waals surface area contributed by atoms with E-state index in [1.165, 1.54) is 31.5 Å². The highest BCUT2D eigenvalue weighted by atomic mass is 79.9. The van der Waals surface area contributed by atoms with Crippen LogP contribution in [0, 0.1) is 5.92 Å². The monoisotopic (exact) mass is 297 g/mol. The van der Waals surface area contributed by atoms with Gasteiger partial charge in [0.05, 0.1) is 6.61 Å². The van der Waals surface area contributed by atoms with Crippen LogP contribution < -0.4 is 0 Å². The normalized spacial score (nSPS) is 21.6. The summed E-state index contributed by atoms with van der Waals surface area (Å²) in [6.07, 6.45) is 2.61. The fourth-order valence-corrected chi connectivity index (χ4v) is 2.78. The Balaban J connectivity index is 1.87. The summed E-state index contributed by atoms with van der Waals surface area (Å²) >= 11 is 3.47. The van der Waals surface area contributed by atoms with Gasteiger partial charge >= 0.3 is 0 Å². The average molecular weight is 298 g/mol. The molecule has 1 saturated heterocycles. The van der Waals surface area contributed by atoms with Gasteiger partial charge in [0.15, 0.2) is 0 Å². The van der Waals surface area contributed by atoms with E-state index < -0.39 is 0 Å². The van der Waals surface area contributed by atoms with Crippen molar-refractivity contribution >= 4 is 15.9 Å².